The lowest BCUT2D eigenvalue weighted by molar-refractivity contribution is -0.384. The van der Waals surface area contributed by atoms with Crippen molar-refractivity contribution in [3.05, 3.63) is 68.7 Å². The first-order valence-corrected chi connectivity index (χ1v) is 7.29. The van der Waals surface area contributed by atoms with Gasteiger partial charge in [0.05, 0.1) is 11.1 Å². The van der Waals surface area contributed by atoms with Crippen LogP contribution in [0, 0.1) is 17.0 Å². The highest BCUT2D eigenvalue weighted by Crippen LogP contribution is 2.20. The Morgan fingerprint density at radius 2 is 2.17 bits per heavy atom. The smallest absolute Gasteiger partial charge is 0.277 e. The van der Waals surface area contributed by atoms with Crippen LogP contribution in [0.4, 0.5) is 5.69 Å². The zero-order valence-electron chi connectivity index (χ0n) is 12.7. The summed E-state index contributed by atoms with van der Waals surface area (Å²) in [5, 5.41) is 14.7. The molecule has 0 aromatic heterocycles. The first kappa shape index (κ1) is 17.4. The molecule has 0 aliphatic rings. The summed E-state index contributed by atoms with van der Waals surface area (Å²) >= 11 is 5.92. The average Bonchev–Trinajstić information content (AvgIpc) is 2.54. The van der Waals surface area contributed by atoms with E-state index >= 15 is 0 Å². The van der Waals surface area contributed by atoms with Gasteiger partial charge in [0.2, 0.25) is 0 Å². The lowest BCUT2D eigenvalue weighted by Crippen LogP contribution is -2.24. The van der Waals surface area contributed by atoms with E-state index in [1.54, 1.807) is 12.1 Å². The van der Waals surface area contributed by atoms with Crippen LogP contribution < -0.4 is 10.2 Å². The van der Waals surface area contributed by atoms with Gasteiger partial charge in [0.15, 0.2) is 6.61 Å². The van der Waals surface area contributed by atoms with Crippen LogP contribution in [-0.4, -0.2) is 23.7 Å². The number of nitrogens with zero attached hydrogens (tertiary/aromatic N) is 2. The zero-order valence-corrected chi connectivity index (χ0v) is 13.5. The Morgan fingerprint density at radius 1 is 1.38 bits per heavy atom. The zero-order chi connectivity index (χ0) is 17.5. The normalized spacial score (nSPS) is 10.6. The van der Waals surface area contributed by atoms with E-state index in [-0.39, 0.29) is 17.3 Å². The number of nitro benzene ring substituents is 1. The van der Waals surface area contributed by atoms with E-state index in [2.05, 4.69) is 10.5 Å². The molecule has 1 amide bonds. The molecule has 0 fully saturated rings. The molecule has 24 heavy (non-hydrogen) atoms. The minimum atomic E-state index is -0.540. The Kier molecular flexibility index (Phi) is 5.86. The van der Waals surface area contributed by atoms with Crippen molar-refractivity contribution in [2.75, 3.05) is 6.61 Å². The van der Waals surface area contributed by atoms with Gasteiger partial charge in [0.25, 0.3) is 11.6 Å². The summed E-state index contributed by atoms with van der Waals surface area (Å²) < 4.78 is 5.32. The van der Waals surface area contributed by atoms with Gasteiger partial charge in [-0.3, -0.25) is 14.9 Å². The molecule has 7 nitrogen and oxygen atoms in total. The van der Waals surface area contributed by atoms with Gasteiger partial charge in [-0.05, 0) is 30.7 Å². The molecule has 0 aliphatic heterocycles. The molecule has 0 unspecified atom stereocenters. The first-order chi connectivity index (χ1) is 11.5. The van der Waals surface area contributed by atoms with Crippen LogP contribution in [0.1, 0.15) is 11.1 Å². The summed E-state index contributed by atoms with van der Waals surface area (Å²) in [7, 11) is 0. The molecule has 1 N–H and O–H groups in total. The van der Waals surface area contributed by atoms with Crippen molar-refractivity contribution >= 4 is 29.4 Å². The third kappa shape index (κ3) is 5.06. The highest BCUT2D eigenvalue weighted by Gasteiger charge is 2.08. The van der Waals surface area contributed by atoms with Gasteiger partial charge in [-0.1, -0.05) is 23.7 Å². The lowest BCUT2D eigenvalue weighted by Gasteiger charge is -2.05. The minimum absolute atomic E-state index is 0.116. The molecule has 0 spiro atoms. The van der Waals surface area contributed by atoms with Crippen molar-refractivity contribution in [2.24, 2.45) is 5.10 Å². The summed E-state index contributed by atoms with van der Waals surface area (Å²) in [6.07, 6.45) is 1.24. The van der Waals surface area contributed by atoms with Gasteiger partial charge in [0, 0.05) is 22.7 Å². The summed E-state index contributed by atoms with van der Waals surface area (Å²) in [5.41, 5.74) is 3.50. The number of carbonyl (C=O) groups is 1. The van der Waals surface area contributed by atoms with Gasteiger partial charge < -0.3 is 4.74 Å². The summed E-state index contributed by atoms with van der Waals surface area (Å²) in [5.74, 6) is 0.116. The highest BCUT2D eigenvalue weighted by atomic mass is 35.5. The van der Waals surface area contributed by atoms with Gasteiger partial charge >= 0.3 is 0 Å². The number of rotatable bonds is 6. The number of amides is 1. The average molecular weight is 348 g/mol. The molecule has 0 bridgehead atoms. The topological polar surface area (TPSA) is 93.8 Å². The Balaban J connectivity index is 1.90. The second kappa shape index (κ2) is 8.07. The fourth-order valence-corrected chi connectivity index (χ4v) is 1.97. The highest BCUT2D eigenvalue weighted by molar-refractivity contribution is 6.33. The number of benzene rings is 2. The predicted octanol–water partition coefficient (Wildman–Crippen LogP) is 3.09. The summed E-state index contributed by atoms with van der Waals surface area (Å²) in [6, 6.07) is 11.2. The standard InChI is InChI=1S/C16H14ClN3O4/c1-11-3-2-4-14(7-11)24-10-16(21)19-18-9-12-8-13(20(22)23)5-6-15(12)17/h2-9H,10H2,1H3,(H,19,21)/b18-9+. The number of hydrogen-bond acceptors (Lipinski definition) is 5. The summed E-state index contributed by atoms with van der Waals surface area (Å²) in [4.78, 5) is 21.8. The maximum atomic E-state index is 11.7. The van der Waals surface area contributed by atoms with Crippen molar-refractivity contribution in [3.63, 3.8) is 0 Å². The molecular formula is C16H14ClN3O4. The molecule has 2 rings (SSSR count). The van der Waals surface area contributed by atoms with Gasteiger partial charge in [-0.25, -0.2) is 5.43 Å². The Bertz CT molecular complexity index is 793. The van der Waals surface area contributed by atoms with Crippen LogP contribution in [-0.2, 0) is 4.79 Å². The van der Waals surface area contributed by atoms with Gasteiger partial charge in [-0.2, -0.15) is 5.10 Å². The molecule has 0 saturated carbocycles. The number of hydrazone groups is 1. The molecular weight excluding hydrogens is 334 g/mol. The van der Waals surface area contributed by atoms with E-state index in [4.69, 9.17) is 16.3 Å². The second-order valence-corrected chi connectivity index (χ2v) is 5.27. The SMILES string of the molecule is Cc1cccc(OCC(=O)N/N=C/c2cc([N+](=O)[O-])ccc2Cl)c1. The molecule has 0 aliphatic carbocycles. The Hall–Kier alpha value is -2.93. The largest absolute Gasteiger partial charge is 0.484 e. The Morgan fingerprint density at radius 3 is 2.88 bits per heavy atom. The molecule has 2 aromatic carbocycles. The molecule has 0 radical (unpaired) electrons. The first-order valence-electron chi connectivity index (χ1n) is 6.91. The van der Waals surface area contributed by atoms with Crippen LogP contribution in [0.5, 0.6) is 5.75 Å². The monoisotopic (exact) mass is 347 g/mol. The van der Waals surface area contributed by atoms with Crippen LogP contribution >= 0.6 is 11.6 Å². The molecule has 8 heteroatoms. The van der Waals surface area contributed by atoms with Crippen LogP contribution in [0.3, 0.4) is 0 Å². The quantitative estimate of drug-likeness (QED) is 0.493. The van der Waals surface area contributed by atoms with Crippen molar-refractivity contribution in [3.8, 4) is 5.75 Å². The molecule has 0 heterocycles. The number of non-ortho nitro benzene ring substituents is 1. The lowest BCUT2D eigenvalue weighted by atomic mass is 10.2. The van der Waals surface area contributed by atoms with Gasteiger partial charge in [-0.15, -0.1) is 0 Å². The molecule has 2 aromatic rings. The predicted molar refractivity (Wildman–Crippen MR) is 90.5 cm³/mol. The van der Waals surface area contributed by atoms with E-state index in [0.29, 0.717) is 11.3 Å². The number of hydrogen-bond donors (Lipinski definition) is 1. The number of ether oxygens (including phenoxy) is 1. The molecule has 0 saturated heterocycles. The number of nitro groups is 1. The van der Waals surface area contributed by atoms with Crippen molar-refractivity contribution in [1.82, 2.24) is 5.43 Å². The number of carbonyl (C=O) groups excluding carboxylic acids is 1. The van der Waals surface area contributed by atoms with E-state index < -0.39 is 10.8 Å². The number of nitrogens with one attached hydrogen (secondary N) is 1. The third-order valence-corrected chi connectivity index (χ3v) is 3.29. The van der Waals surface area contributed by atoms with E-state index in [9.17, 15) is 14.9 Å². The fourth-order valence-electron chi connectivity index (χ4n) is 1.80. The van der Waals surface area contributed by atoms with Gasteiger partial charge in [0.1, 0.15) is 5.75 Å². The molecule has 0 atom stereocenters. The second-order valence-electron chi connectivity index (χ2n) is 4.86. The Labute approximate surface area is 143 Å². The van der Waals surface area contributed by atoms with E-state index in [1.807, 2.05) is 19.1 Å². The number of halogens is 1. The number of aryl methyl sites for hydroxylation is 1. The van der Waals surface area contributed by atoms with Crippen molar-refractivity contribution in [1.29, 1.82) is 0 Å². The van der Waals surface area contributed by atoms with Crippen LogP contribution in [0.2, 0.25) is 5.02 Å². The minimum Gasteiger partial charge on any atom is -0.484 e. The van der Waals surface area contributed by atoms with Crippen molar-refractivity contribution in [2.45, 2.75) is 6.92 Å². The maximum absolute atomic E-state index is 11.7. The summed E-state index contributed by atoms with van der Waals surface area (Å²) in [6.45, 7) is 1.71. The van der Waals surface area contributed by atoms with E-state index in [0.717, 1.165) is 5.56 Å². The van der Waals surface area contributed by atoms with E-state index in [1.165, 1.54) is 24.4 Å². The van der Waals surface area contributed by atoms with Crippen LogP contribution in [0.25, 0.3) is 0 Å². The maximum Gasteiger partial charge on any atom is 0.277 e. The van der Waals surface area contributed by atoms with Crippen molar-refractivity contribution < 1.29 is 14.5 Å². The fraction of sp³-hybridized carbons (Fsp3) is 0.125. The van der Waals surface area contributed by atoms with Crippen LogP contribution in [0.15, 0.2) is 47.6 Å². The third-order valence-electron chi connectivity index (χ3n) is 2.94. The molecule has 124 valence electrons.